The fourth-order valence-corrected chi connectivity index (χ4v) is 2.23. The summed E-state index contributed by atoms with van der Waals surface area (Å²) in [5.74, 6) is 0.619. The monoisotopic (exact) mass is 262 g/mol. The van der Waals surface area contributed by atoms with Gasteiger partial charge in [-0.25, -0.2) is 4.98 Å². The van der Waals surface area contributed by atoms with Crippen molar-refractivity contribution in [2.45, 2.75) is 6.92 Å². The van der Waals surface area contributed by atoms with Crippen molar-refractivity contribution in [2.24, 2.45) is 0 Å². The second-order valence-electron chi connectivity index (χ2n) is 4.57. The maximum atomic E-state index is 12.4. The van der Waals surface area contributed by atoms with Crippen LogP contribution in [0.15, 0.2) is 60.7 Å². The zero-order chi connectivity index (χ0) is 13.9. The van der Waals surface area contributed by atoms with E-state index in [2.05, 4.69) is 4.98 Å². The van der Waals surface area contributed by atoms with Gasteiger partial charge in [-0.2, -0.15) is 0 Å². The first-order valence-electron chi connectivity index (χ1n) is 6.47. The summed E-state index contributed by atoms with van der Waals surface area (Å²) in [5, 5.41) is 0. The van der Waals surface area contributed by atoms with Gasteiger partial charge in [0.15, 0.2) is 0 Å². The van der Waals surface area contributed by atoms with Gasteiger partial charge in [-0.15, -0.1) is 0 Å². The SMILES string of the molecule is Cc1nc2ccccc2n1C(=O)/C=C/c1ccccc1. The van der Waals surface area contributed by atoms with Crippen LogP contribution in [0.5, 0.6) is 0 Å². The van der Waals surface area contributed by atoms with Crippen LogP contribution in [0.4, 0.5) is 0 Å². The lowest BCUT2D eigenvalue weighted by Gasteiger charge is -2.01. The molecular formula is C17H14N2O. The minimum Gasteiger partial charge on any atom is -0.269 e. The number of nitrogens with zero attached hydrogens (tertiary/aromatic N) is 2. The second-order valence-corrected chi connectivity index (χ2v) is 4.57. The molecule has 0 aliphatic heterocycles. The summed E-state index contributed by atoms with van der Waals surface area (Å²) in [6.07, 6.45) is 3.40. The minimum absolute atomic E-state index is 0.0833. The molecule has 0 radical (unpaired) electrons. The Labute approximate surface area is 117 Å². The molecule has 0 spiro atoms. The van der Waals surface area contributed by atoms with Crippen LogP contribution in [-0.2, 0) is 0 Å². The van der Waals surface area contributed by atoms with Gasteiger partial charge in [0.05, 0.1) is 11.0 Å². The van der Waals surface area contributed by atoms with E-state index in [0.29, 0.717) is 5.82 Å². The summed E-state index contributed by atoms with van der Waals surface area (Å²) < 4.78 is 1.63. The molecule has 1 aromatic heterocycles. The number of hydrogen-bond acceptors (Lipinski definition) is 2. The highest BCUT2D eigenvalue weighted by atomic mass is 16.2. The van der Waals surface area contributed by atoms with Gasteiger partial charge < -0.3 is 0 Å². The summed E-state index contributed by atoms with van der Waals surface area (Å²) in [6.45, 7) is 1.84. The van der Waals surface area contributed by atoms with Gasteiger partial charge in [-0.3, -0.25) is 9.36 Å². The molecule has 2 aromatic carbocycles. The van der Waals surface area contributed by atoms with Gasteiger partial charge in [0.2, 0.25) is 0 Å². The highest BCUT2D eigenvalue weighted by Crippen LogP contribution is 2.15. The summed E-state index contributed by atoms with van der Waals surface area (Å²) in [5.41, 5.74) is 2.68. The smallest absolute Gasteiger partial charge is 0.256 e. The molecule has 0 aliphatic carbocycles. The molecule has 3 rings (SSSR count). The Kier molecular flexibility index (Phi) is 3.17. The normalized spacial score (nSPS) is 11.2. The highest BCUT2D eigenvalue weighted by molar-refractivity contribution is 5.99. The van der Waals surface area contributed by atoms with Crippen molar-refractivity contribution in [1.82, 2.24) is 9.55 Å². The van der Waals surface area contributed by atoms with Crippen LogP contribution in [0.25, 0.3) is 17.1 Å². The van der Waals surface area contributed by atoms with Crippen molar-refractivity contribution in [3.8, 4) is 0 Å². The molecule has 0 unspecified atom stereocenters. The van der Waals surface area contributed by atoms with Crippen LogP contribution in [0.1, 0.15) is 16.2 Å². The number of carbonyl (C=O) groups is 1. The Hall–Kier alpha value is -2.68. The first-order valence-corrected chi connectivity index (χ1v) is 6.47. The van der Waals surface area contributed by atoms with Gasteiger partial charge in [-0.1, -0.05) is 42.5 Å². The average Bonchev–Trinajstić information content (AvgIpc) is 2.82. The Morgan fingerprint density at radius 3 is 2.55 bits per heavy atom. The van der Waals surface area contributed by atoms with Crippen molar-refractivity contribution in [2.75, 3.05) is 0 Å². The summed E-state index contributed by atoms with van der Waals surface area (Å²) in [7, 11) is 0. The van der Waals surface area contributed by atoms with Crippen molar-refractivity contribution < 1.29 is 4.79 Å². The predicted molar refractivity (Wildman–Crippen MR) is 80.6 cm³/mol. The third-order valence-electron chi connectivity index (χ3n) is 3.17. The van der Waals surface area contributed by atoms with E-state index in [-0.39, 0.29) is 5.91 Å². The molecule has 1 heterocycles. The van der Waals surface area contributed by atoms with E-state index >= 15 is 0 Å². The van der Waals surface area contributed by atoms with Crippen LogP contribution < -0.4 is 0 Å². The average molecular weight is 262 g/mol. The highest BCUT2D eigenvalue weighted by Gasteiger charge is 2.10. The van der Waals surface area contributed by atoms with Crippen LogP contribution in [0.2, 0.25) is 0 Å². The number of benzene rings is 2. The van der Waals surface area contributed by atoms with E-state index < -0.39 is 0 Å². The summed E-state index contributed by atoms with van der Waals surface area (Å²) >= 11 is 0. The second kappa shape index (κ2) is 5.13. The van der Waals surface area contributed by atoms with Gasteiger partial charge in [-0.05, 0) is 30.7 Å². The molecule has 3 aromatic rings. The molecule has 0 atom stereocenters. The molecule has 0 fully saturated rings. The molecule has 98 valence electrons. The van der Waals surface area contributed by atoms with E-state index in [1.54, 1.807) is 10.6 Å². The number of carbonyl (C=O) groups excluding carboxylic acids is 1. The Balaban J connectivity index is 1.97. The zero-order valence-corrected chi connectivity index (χ0v) is 11.2. The summed E-state index contributed by atoms with van der Waals surface area (Å²) in [6, 6.07) is 17.4. The zero-order valence-electron chi connectivity index (χ0n) is 11.2. The number of aryl methyl sites for hydroxylation is 1. The number of para-hydroxylation sites is 2. The van der Waals surface area contributed by atoms with Gasteiger partial charge in [0, 0.05) is 6.08 Å². The van der Waals surface area contributed by atoms with E-state index in [4.69, 9.17) is 0 Å². The topological polar surface area (TPSA) is 34.9 Å². The molecule has 3 nitrogen and oxygen atoms in total. The number of aromatic nitrogens is 2. The van der Waals surface area contributed by atoms with E-state index in [9.17, 15) is 4.79 Å². The van der Waals surface area contributed by atoms with E-state index in [0.717, 1.165) is 16.6 Å². The number of fused-ring (bicyclic) bond motifs is 1. The molecule has 0 bridgehead atoms. The van der Waals surface area contributed by atoms with E-state index in [1.165, 1.54) is 0 Å². The fourth-order valence-electron chi connectivity index (χ4n) is 2.23. The van der Waals surface area contributed by atoms with E-state index in [1.807, 2.05) is 67.6 Å². The molecule has 0 N–H and O–H groups in total. The maximum absolute atomic E-state index is 12.4. The lowest BCUT2D eigenvalue weighted by molar-refractivity contribution is 0.0972. The van der Waals surface area contributed by atoms with Crippen molar-refractivity contribution >= 4 is 23.0 Å². The lowest BCUT2D eigenvalue weighted by Crippen LogP contribution is -2.08. The first kappa shape index (κ1) is 12.4. The van der Waals surface area contributed by atoms with Gasteiger partial charge >= 0.3 is 0 Å². The van der Waals surface area contributed by atoms with Crippen molar-refractivity contribution in [3.05, 3.63) is 72.1 Å². The van der Waals surface area contributed by atoms with Crippen LogP contribution in [0.3, 0.4) is 0 Å². The Bertz CT molecular complexity index is 785. The quantitative estimate of drug-likeness (QED) is 0.660. The number of hydrogen-bond donors (Lipinski definition) is 0. The largest absolute Gasteiger partial charge is 0.269 e. The van der Waals surface area contributed by atoms with Crippen molar-refractivity contribution in [3.63, 3.8) is 0 Å². The standard InChI is InChI=1S/C17H14N2O/c1-13-18-15-9-5-6-10-16(15)19(13)17(20)12-11-14-7-3-2-4-8-14/h2-12H,1H3/b12-11+. The molecule has 3 heteroatoms. The molecule has 0 saturated carbocycles. The van der Waals surface area contributed by atoms with Crippen molar-refractivity contribution in [1.29, 1.82) is 0 Å². The van der Waals surface area contributed by atoms with Crippen LogP contribution in [0, 0.1) is 6.92 Å². The first-order chi connectivity index (χ1) is 9.75. The predicted octanol–water partition coefficient (Wildman–Crippen LogP) is 3.70. The Morgan fingerprint density at radius 2 is 1.75 bits per heavy atom. The lowest BCUT2D eigenvalue weighted by atomic mass is 10.2. The third kappa shape index (κ3) is 2.26. The number of imidazole rings is 1. The van der Waals surface area contributed by atoms with Gasteiger partial charge in [0.25, 0.3) is 5.91 Å². The number of allylic oxidation sites excluding steroid dienone is 1. The Morgan fingerprint density at radius 1 is 1.05 bits per heavy atom. The molecule has 0 aliphatic rings. The van der Waals surface area contributed by atoms with Gasteiger partial charge in [0.1, 0.15) is 5.82 Å². The molecule has 0 saturated heterocycles. The maximum Gasteiger partial charge on any atom is 0.256 e. The molecular weight excluding hydrogens is 248 g/mol. The summed E-state index contributed by atoms with van der Waals surface area (Å²) in [4.78, 5) is 16.7. The number of rotatable bonds is 2. The minimum atomic E-state index is -0.0833. The fraction of sp³-hybridized carbons (Fsp3) is 0.0588. The third-order valence-corrected chi connectivity index (χ3v) is 3.17. The molecule has 20 heavy (non-hydrogen) atoms. The molecule has 0 amide bonds. The van der Waals surface area contributed by atoms with Crippen LogP contribution >= 0.6 is 0 Å². The van der Waals surface area contributed by atoms with Crippen LogP contribution in [-0.4, -0.2) is 15.5 Å².